The van der Waals surface area contributed by atoms with Crippen LogP contribution in [0.1, 0.15) is 16.8 Å². The van der Waals surface area contributed by atoms with Gasteiger partial charge >= 0.3 is 0 Å². The number of halogens is 1. The number of nitrogens with zero attached hydrogens (tertiary/aromatic N) is 3. The molecular weight excluding hydrogens is 422 g/mol. The molecule has 0 saturated carbocycles. The minimum Gasteiger partial charge on any atom is -0.336 e. The molecule has 144 valence electrons. The minimum atomic E-state index is -0.454. The Balaban J connectivity index is 1.41. The van der Waals surface area contributed by atoms with Crippen molar-refractivity contribution in [2.75, 3.05) is 31.1 Å². The summed E-state index contributed by atoms with van der Waals surface area (Å²) in [5, 5.41) is 0. The first-order chi connectivity index (χ1) is 13.5. The number of hydrogen-bond donors (Lipinski definition) is 0. The van der Waals surface area contributed by atoms with Crippen LogP contribution in [0.3, 0.4) is 0 Å². The van der Waals surface area contributed by atoms with E-state index in [1.165, 1.54) is 4.90 Å². The molecule has 2 saturated heterocycles. The van der Waals surface area contributed by atoms with Crippen molar-refractivity contribution in [2.24, 2.45) is 0 Å². The zero-order chi connectivity index (χ0) is 19.7. The number of piperazine rings is 1. The lowest BCUT2D eigenvalue weighted by atomic mass is 10.1. The molecule has 3 amide bonds. The van der Waals surface area contributed by atoms with E-state index in [4.69, 9.17) is 0 Å². The van der Waals surface area contributed by atoms with Crippen molar-refractivity contribution in [3.05, 3.63) is 64.6 Å². The lowest BCUT2D eigenvalue weighted by Gasteiger charge is -2.37. The first-order valence-electron chi connectivity index (χ1n) is 9.25. The SMILES string of the molecule is O=C(c1ccccc1)N1CCN(C2CC(=O)N(c3ccc(Br)cc3)C2=O)CC1. The van der Waals surface area contributed by atoms with Crippen molar-refractivity contribution in [1.29, 1.82) is 0 Å². The van der Waals surface area contributed by atoms with Crippen LogP contribution in [0.25, 0.3) is 0 Å². The third kappa shape index (κ3) is 3.59. The van der Waals surface area contributed by atoms with Crippen molar-refractivity contribution in [2.45, 2.75) is 12.5 Å². The maximum Gasteiger partial charge on any atom is 0.253 e. The predicted molar refractivity (Wildman–Crippen MR) is 109 cm³/mol. The third-order valence-electron chi connectivity index (χ3n) is 5.27. The average molecular weight is 442 g/mol. The van der Waals surface area contributed by atoms with Gasteiger partial charge in [-0.1, -0.05) is 34.1 Å². The number of carbonyl (C=O) groups excluding carboxylic acids is 3. The quantitative estimate of drug-likeness (QED) is 0.686. The topological polar surface area (TPSA) is 60.9 Å². The number of imide groups is 1. The highest BCUT2D eigenvalue weighted by molar-refractivity contribution is 9.10. The van der Waals surface area contributed by atoms with Crippen LogP contribution in [0, 0.1) is 0 Å². The van der Waals surface area contributed by atoms with Gasteiger partial charge in [-0.3, -0.25) is 19.3 Å². The summed E-state index contributed by atoms with van der Waals surface area (Å²) in [5.41, 5.74) is 1.27. The Bertz CT molecular complexity index is 893. The van der Waals surface area contributed by atoms with Gasteiger partial charge in [0.05, 0.1) is 18.2 Å². The molecule has 2 heterocycles. The summed E-state index contributed by atoms with van der Waals surface area (Å²) >= 11 is 3.36. The van der Waals surface area contributed by atoms with E-state index in [0.717, 1.165) is 4.47 Å². The maximum absolute atomic E-state index is 12.9. The van der Waals surface area contributed by atoms with Crippen LogP contribution in [0.2, 0.25) is 0 Å². The van der Waals surface area contributed by atoms with Crippen LogP contribution >= 0.6 is 15.9 Å². The summed E-state index contributed by atoms with van der Waals surface area (Å²) in [7, 11) is 0. The Morgan fingerprint density at radius 3 is 2.18 bits per heavy atom. The van der Waals surface area contributed by atoms with E-state index in [9.17, 15) is 14.4 Å². The molecule has 2 aliphatic rings. The highest BCUT2D eigenvalue weighted by atomic mass is 79.9. The van der Waals surface area contributed by atoms with Crippen LogP contribution in [-0.4, -0.2) is 59.7 Å². The lowest BCUT2D eigenvalue weighted by Crippen LogP contribution is -2.53. The Morgan fingerprint density at radius 2 is 1.54 bits per heavy atom. The lowest BCUT2D eigenvalue weighted by molar-refractivity contribution is -0.123. The molecule has 0 N–H and O–H groups in total. The van der Waals surface area contributed by atoms with E-state index in [2.05, 4.69) is 15.9 Å². The highest BCUT2D eigenvalue weighted by Gasteiger charge is 2.43. The van der Waals surface area contributed by atoms with Crippen molar-refractivity contribution in [1.82, 2.24) is 9.80 Å². The molecule has 0 radical (unpaired) electrons. The second kappa shape index (κ2) is 7.85. The van der Waals surface area contributed by atoms with Gasteiger partial charge in [0.1, 0.15) is 0 Å². The fourth-order valence-corrected chi connectivity index (χ4v) is 4.03. The highest BCUT2D eigenvalue weighted by Crippen LogP contribution is 2.27. The van der Waals surface area contributed by atoms with Gasteiger partial charge in [0.2, 0.25) is 5.91 Å². The van der Waals surface area contributed by atoms with Crippen LogP contribution in [-0.2, 0) is 9.59 Å². The van der Waals surface area contributed by atoms with Crippen molar-refractivity contribution in [3.8, 4) is 0 Å². The molecule has 0 bridgehead atoms. The first kappa shape index (κ1) is 18.8. The second-order valence-corrected chi connectivity index (χ2v) is 7.87. The van der Waals surface area contributed by atoms with Gasteiger partial charge in [-0.15, -0.1) is 0 Å². The molecule has 7 heteroatoms. The standard InChI is InChI=1S/C21H20BrN3O3/c22-16-6-8-17(9-7-16)25-19(26)14-18(21(25)28)23-10-12-24(13-11-23)20(27)15-4-2-1-3-5-15/h1-9,18H,10-14H2. The van der Waals surface area contributed by atoms with Crippen molar-refractivity contribution >= 4 is 39.3 Å². The fraction of sp³-hybridized carbons (Fsp3) is 0.286. The van der Waals surface area contributed by atoms with Crippen LogP contribution in [0.15, 0.2) is 59.1 Å². The summed E-state index contributed by atoms with van der Waals surface area (Å²) in [6.45, 7) is 2.25. The van der Waals surface area contributed by atoms with Gasteiger partial charge in [-0.05, 0) is 36.4 Å². The molecule has 1 unspecified atom stereocenters. The van der Waals surface area contributed by atoms with Gasteiger partial charge in [0.15, 0.2) is 0 Å². The average Bonchev–Trinajstić information content (AvgIpc) is 3.03. The van der Waals surface area contributed by atoms with E-state index in [1.54, 1.807) is 17.0 Å². The Kier molecular flexibility index (Phi) is 5.28. The number of carbonyl (C=O) groups is 3. The van der Waals surface area contributed by atoms with Crippen LogP contribution in [0.4, 0.5) is 5.69 Å². The van der Waals surface area contributed by atoms with E-state index in [-0.39, 0.29) is 24.1 Å². The van der Waals surface area contributed by atoms with Gasteiger partial charge in [0.25, 0.3) is 11.8 Å². The number of amides is 3. The van der Waals surface area contributed by atoms with E-state index < -0.39 is 6.04 Å². The van der Waals surface area contributed by atoms with Gasteiger partial charge < -0.3 is 4.90 Å². The summed E-state index contributed by atoms with van der Waals surface area (Å²) in [6.07, 6.45) is 0.182. The zero-order valence-electron chi connectivity index (χ0n) is 15.3. The molecule has 2 aromatic carbocycles. The summed E-state index contributed by atoms with van der Waals surface area (Å²) < 4.78 is 0.895. The van der Waals surface area contributed by atoms with Crippen LogP contribution < -0.4 is 4.90 Å². The fourth-order valence-electron chi connectivity index (χ4n) is 3.76. The Hall–Kier alpha value is -2.51. The summed E-state index contributed by atoms with van der Waals surface area (Å²) in [4.78, 5) is 43.1. The zero-order valence-corrected chi connectivity index (χ0v) is 16.8. The number of anilines is 1. The predicted octanol–water partition coefficient (Wildman–Crippen LogP) is 2.54. The molecular formula is C21H20BrN3O3. The minimum absolute atomic E-state index is 0.00515. The Labute approximate surface area is 171 Å². The number of benzene rings is 2. The molecule has 6 nitrogen and oxygen atoms in total. The van der Waals surface area contributed by atoms with E-state index in [0.29, 0.717) is 37.4 Å². The molecule has 0 aliphatic carbocycles. The number of rotatable bonds is 3. The molecule has 0 aromatic heterocycles. The third-order valence-corrected chi connectivity index (χ3v) is 5.80. The monoisotopic (exact) mass is 441 g/mol. The normalized spacial score (nSPS) is 20.7. The molecule has 2 aromatic rings. The molecule has 2 fully saturated rings. The van der Waals surface area contributed by atoms with E-state index >= 15 is 0 Å². The first-order valence-corrected chi connectivity index (χ1v) is 10.0. The molecule has 2 aliphatic heterocycles. The molecule has 28 heavy (non-hydrogen) atoms. The summed E-state index contributed by atoms with van der Waals surface area (Å²) in [6, 6.07) is 15.9. The van der Waals surface area contributed by atoms with Crippen molar-refractivity contribution < 1.29 is 14.4 Å². The van der Waals surface area contributed by atoms with Gasteiger partial charge in [-0.2, -0.15) is 0 Å². The largest absolute Gasteiger partial charge is 0.336 e. The van der Waals surface area contributed by atoms with E-state index in [1.807, 2.05) is 47.4 Å². The molecule has 0 spiro atoms. The van der Waals surface area contributed by atoms with Crippen LogP contribution in [0.5, 0.6) is 0 Å². The number of hydrogen-bond acceptors (Lipinski definition) is 4. The van der Waals surface area contributed by atoms with Crippen molar-refractivity contribution in [3.63, 3.8) is 0 Å². The smallest absolute Gasteiger partial charge is 0.253 e. The van der Waals surface area contributed by atoms with Gasteiger partial charge in [-0.25, -0.2) is 4.90 Å². The Morgan fingerprint density at radius 1 is 0.893 bits per heavy atom. The molecule has 4 rings (SSSR count). The maximum atomic E-state index is 12.9. The second-order valence-electron chi connectivity index (χ2n) is 6.96. The van der Waals surface area contributed by atoms with Gasteiger partial charge in [0, 0.05) is 36.2 Å². The summed E-state index contributed by atoms with van der Waals surface area (Å²) in [5.74, 6) is -0.360. The molecule has 1 atom stereocenters.